The molecule has 0 aliphatic rings. The van der Waals surface area contributed by atoms with Crippen molar-refractivity contribution in [2.24, 2.45) is 0 Å². The minimum atomic E-state index is -5.21. The molecule has 0 saturated carbocycles. The minimum Gasteiger partial charge on any atom is -0.445 e. The van der Waals surface area contributed by atoms with E-state index in [1.807, 2.05) is 0 Å². The molecule has 0 radical (unpaired) electrons. The van der Waals surface area contributed by atoms with Crippen LogP contribution in [0.15, 0.2) is 18.2 Å². The second-order valence-corrected chi connectivity index (χ2v) is 2.32. The molecule has 0 bridgehead atoms. The van der Waals surface area contributed by atoms with Gasteiger partial charge in [-0.1, -0.05) is 17.6 Å². The van der Waals surface area contributed by atoms with Gasteiger partial charge in [-0.25, -0.2) is 4.39 Å². The number of nitrogen functional groups attached to an aromatic ring is 1. The molecule has 2 N–H and O–H groups in total. The third-order valence-corrected chi connectivity index (χ3v) is 1.44. The molecule has 0 atom stereocenters. The van der Waals surface area contributed by atoms with Crippen LogP contribution >= 0.6 is 0 Å². The molecule has 1 aromatic carbocycles. The van der Waals surface area contributed by atoms with Crippen molar-refractivity contribution >= 4 is 18.1 Å². The quantitative estimate of drug-likeness (QED) is 0.344. The van der Waals surface area contributed by atoms with Crippen LogP contribution in [-0.2, 0) is 0 Å². The van der Waals surface area contributed by atoms with E-state index in [0.29, 0.717) is 0 Å². The molecule has 1 aromatic rings. The van der Waals surface area contributed by atoms with E-state index in [1.165, 1.54) is 0 Å². The smallest absolute Gasteiger partial charge is 0.445 e. The molecule has 66 valence electrons. The van der Waals surface area contributed by atoms with Gasteiger partial charge >= 0.3 is 58.4 Å². The first-order valence-corrected chi connectivity index (χ1v) is 3.17. The van der Waals surface area contributed by atoms with Crippen LogP contribution in [0, 0.1) is 5.82 Å². The molecule has 1 rings (SSSR count). The molecular formula is C6H5BF4KN. The molecular weight excluding hydrogens is 212 g/mol. The van der Waals surface area contributed by atoms with Crippen LogP contribution in [0.4, 0.5) is 23.0 Å². The van der Waals surface area contributed by atoms with Gasteiger partial charge in [0, 0.05) is 5.69 Å². The Morgan fingerprint density at radius 2 is 1.69 bits per heavy atom. The van der Waals surface area contributed by atoms with E-state index in [4.69, 9.17) is 5.73 Å². The molecule has 7 heteroatoms. The van der Waals surface area contributed by atoms with Gasteiger partial charge in [0.1, 0.15) is 5.82 Å². The number of halogens is 4. The average molecular weight is 217 g/mol. The van der Waals surface area contributed by atoms with E-state index in [0.717, 1.165) is 18.2 Å². The molecule has 0 aliphatic heterocycles. The van der Waals surface area contributed by atoms with Crippen LogP contribution < -0.4 is 62.6 Å². The molecule has 0 aliphatic carbocycles. The molecule has 0 spiro atoms. The average Bonchev–Trinajstić information content (AvgIpc) is 1.92. The van der Waals surface area contributed by atoms with E-state index in [2.05, 4.69) is 0 Å². The molecule has 0 unspecified atom stereocenters. The van der Waals surface area contributed by atoms with Gasteiger partial charge in [-0.3, -0.25) is 0 Å². The Morgan fingerprint density at radius 1 is 1.15 bits per heavy atom. The zero-order chi connectivity index (χ0) is 9.35. The largest absolute Gasteiger partial charge is 1.00 e. The Bertz CT molecular complexity index is 301. The topological polar surface area (TPSA) is 26.0 Å². The normalized spacial score (nSPS) is 10.8. The van der Waals surface area contributed by atoms with Gasteiger partial charge in [-0.15, -0.1) is 0 Å². The number of rotatable bonds is 1. The first kappa shape index (κ1) is 13.4. The summed E-state index contributed by atoms with van der Waals surface area (Å²) in [5.41, 5.74) is 2.99. The molecule has 0 heterocycles. The van der Waals surface area contributed by atoms with Crippen molar-refractivity contribution in [3.8, 4) is 0 Å². The maximum atomic E-state index is 12.5. The molecule has 0 fully saturated rings. The Labute approximate surface area is 115 Å². The van der Waals surface area contributed by atoms with Crippen molar-refractivity contribution in [1.82, 2.24) is 0 Å². The molecule has 0 amide bonds. The summed E-state index contributed by atoms with van der Waals surface area (Å²) < 4.78 is 48.6. The summed E-state index contributed by atoms with van der Waals surface area (Å²) in [6.07, 6.45) is 0. The summed E-state index contributed by atoms with van der Waals surface area (Å²) in [5.74, 6) is -1.04. The Kier molecular flexibility index (Phi) is 4.95. The third-order valence-electron chi connectivity index (χ3n) is 1.44. The molecule has 0 aromatic heterocycles. The fraction of sp³-hybridized carbons (Fsp3) is 0. The Balaban J connectivity index is 0.00000144. The minimum absolute atomic E-state index is 0. The first-order valence-electron chi connectivity index (χ1n) is 3.17. The van der Waals surface area contributed by atoms with E-state index < -0.39 is 23.9 Å². The van der Waals surface area contributed by atoms with Crippen molar-refractivity contribution < 1.29 is 68.7 Å². The van der Waals surface area contributed by atoms with Crippen LogP contribution in [0.1, 0.15) is 0 Å². The second kappa shape index (κ2) is 4.79. The van der Waals surface area contributed by atoms with Crippen LogP contribution in [0.2, 0.25) is 0 Å². The Hall–Kier alpha value is 0.441. The van der Waals surface area contributed by atoms with E-state index in [-0.39, 0.29) is 51.4 Å². The van der Waals surface area contributed by atoms with Crippen LogP contribution in [0.25, 0.3) is 0 Å². The second-order valence-electron chi connectivity index (χ2n) is 2.32. The summed E-state index contributed by atoms with van der Waals surface area (Å²) in [7, 11) is 0. The number of para-hydroxylation sites is 1. The summed E-state index contributed by atoms with van der Waals surface area (Å²) in [5, 5.41) is 0. The molecule has 13 heavy (non-hydrogen) atoms. The number of hydrogen-bond acceptors (Lipinski definition) is 1. The predicted molar refractivity (Wildman–Crippen MR) is 39.5 cm³/mol. The third kappa shape index (κ3) is 3.25. The van der Waals surface area contributed by atoms with Gasteiger partial charge in [-0.2, -0.15) is 0 Å². The van der Waals surface area contributed by atoms with Gasteiger partial charge in [0.15, 0.2) is 0 Å². The standard InChI is InChI=1S/C6H5BF4N.K/c8-5-3-1-2-4(6(5)12)7(9,10)11;/h1-3H,12H2;/q-1;+1. The zero-order valence-electron chi connectivity index (χ0n) is 6.90. The molecule has 0 saturated heterocycles. The fourth-order valence-corrected chi connectivity index (χ4v) is 0.839. The molecule has 1 nitrogen and oxygen atoms in total. The van der Waals surface area contributed by atoms with Crippen molar-refractivity contribution in [3.63, 3.8) is 0 Å². The van der Waals surface area contributed by atoms with Gasteiger partial charge in [0.25, 0.3) is 0 Å². The van der Waals surface area contributed by atoms with Crippen molar-refractivity contribution in [1.29, 1.82) is 0 Å². The SMILES string of the molecule is Nc1c(F)cccc1[B-](F)(F)F.[K+]. The van der Waals surface area contributed by atoms with E-state index in [9.17, 15) is 17.3 Å². The predicted octanol–water partition coefficient (Wildman–Crippen LogP) is -1.53. The summed E-state index contributed by atoms with van der Waals surface area (Å²) in [4.78, 5) is 0. The van der Waals surface area contributed by atoms with Crippen LogP contribution in [0.3, 0.4) is 0 Å². The fourth-order valence-electron chi connectivity index (χ4n) is 0.839. The number of hydrogen-bond donors (Lipinski definition) is 1. The van der Waals surface area contributed by atoms with Gasteiger partial charge in [-0.05, 0) is 6.07 Å². The number of benzene rings is 1. The van der Waals surface area contributed by atoms with Crippen molar-refractivity contribution in [2.45, 2.75) is 0 Å². The maximum absolute atomic E-state index is 12.5. The van der Waals surface area contributed by atoms with Gasteiger partial charge < -0.3 is 18.7 Å². The first-order chi connectivity index (χ1) is 5.43. The summed E-state index contributed by atoms with van der Waals surface area (Å²) >= 11 is 0. The van der Waals surface area contributed by atoms with E-state index in [1.54, 1.807) is 0 Å². The number of nitrogens with two attached hydrogens (primary N) is 1. The monoisotopic (exact) mass is 217 g/mol. The van der Waals surface area contributed by atoms with Crippen molar-refractivity contribution in [2.75, 3.05) is 5.73 Å². The van der Waals surface area contributed by atoms with E-state index >= 15 is 0 Å². The zero-order valence-corrected chi connectivity index (χ0v) is 10.0. The van der Waals surface area contributed by atoms with Crippen LogP contribution in [-0.4, -0.2) is 6.98 Å². The Morgan fingerprint density at radius 3 is 2.08 bits per heavy atom. The van der Waals surface area contributed by atoms with Gasteiger partial charge in [0.2, 0.25) is 0 Å². The van der Waals surface area contributed by atoms with Gasteiger partial charge in [0.05, 0.1) is 0 Å². The maximum Gasteiger partial charge on any atom is 1.00 e. The van der Waals surface area contributed by atoms with Crippen LogP contribution in [0.5, 0.6) is 0 Å². The number of anilines is 1. The summed E-state index contributed by atoms with van der Waals surface area (Å²) in [6.45, 7) is -5.21. The van der Waals surface area contributed by atoms with Crippen molar-refractivity contribution in [3.05, 3.63) is 24.0 Å². The summed E-state index contributed by atoms with van der Waals surface area (Å²) in [6, 6.07) is 2.63.